The van der Waals surface area contributed by atoms with E-state index in [9.17, 15) is 9.90 Å². The molecule has 2 aromatic rings. The summed E-state index contributed by atoms with van der Waals surface area (Å²) in [5.74, 6) is -0.0746. The normalized spacial score (nSPS) is 15.9. The van der Waals surface area contributed by atoms with Crippen molar-refractivity contribution in [1.82, 2.24) is 4.90 Å². The van der Waals surface area contributed by atoms with E-state index < -0.39 is 0 Å². The molecule has 0 spiro atoms. The average molecular weight is 280 g/mol. The standard InChI is InChI=1S/C17H16N2O2/c18-11-12-7-9-19(10-8-12)17(21)15-6-5-13-3-1-2-4-14(13)16(15)20/h1-6,12,20H,7-10H2. The molecule has 0 aromatic heterocycles. The predicted octanol–water partition coefficient (Wildman–Crippen LogP) is 2.92. The smallest absolute Gasteiger partial charge is 0.257 e. The molecule has 21 heavy (non-hydrogen) atoms. The number of hydrogen-bond acceptors (Lipinski definition) is 3. The van der Waals surface area contributed by atoms with Crippen molar-refractivity contribution in [2.24, 2.45) is 5.92 Å². The Morgan fingerprint density at radius 1 is 1.19 bits per heavy atom. The van der Waals surface area contributed by atoms with Gasteiger partial charge in [-0.25, -0.2) is 0 Å². The van der Waals surface area contributed by atoms with E-state index in [1.54, 1.807) is 11.0 Å². The van der Waals surface area contributed by atoms with E-state index >= 15 is 0 Å². The van der Waals surface area contributed by atoms with Crippen LogP contribution in [0, 0.1) is 17.2 Å². The van der Waals surface area contributed by atoms with Crippen LogP contribution < -0.4 is 0 Å². The maximum absolute atomic E-state index is 12.5. The minimum atomic E-state index is -0.158. The lowest BCUT2D eigenvalue weighted by Gasteiger charge is -2.29. The zero-order chi connectivity index (χ0) is 14.8. The Hall–Kier alpha value is -2.54. The highest BCUT2D eigenvalue weighted by Crippen LogP contribution is 2.30. The summed E-state index contributed by atoms with van der Waals surface area (Å²) < 4.78 is 0. The Labute approximate surface area is 123 Å². The zero-order valence-electron chi connectivity index (χ0n) is 11.6. The van der Waals surface area contributed by atoms with Crippen molar-refractivity contribution < 1.29 is 9.90 Å². The van der Waals surface area contributed by atoms with E-state index in [0.717, 1.165) is 5.39 Å². The van der Waals surface area contributed by atoms with Crippen LogP contribution in [0.2, 0.25) is 0 Å². The van der Waals surface area contributed by atoms with Gasteiger partial charge in [-0.15, -0.1) is 0 Å². The molecule has 2 aromatic carbocycles. The van der Waals surface area contributed by atoms with Crippen molar-refractivity contribution in [1.29, 1.82) is 5.26 Å². The SMILES string of the molecule is N#CC1CCN(C(=O)c2ccc3ccccc3c2O)CC1. The van der Waals surface area contributed by atoms with Crippen LogP contribution in [0.1, 0.15) is 23.2 Å². The minimum absolute atomic E-state index is 0.0410. The molecule has 1 N–H and O–H groups in total. The fourth-order valence-corrected chi connectivity index (χ4v) is 2.81. The molecule has 1 saturated heterocycles. The number of benzene rings is 2. The van der Waals surface area contributed by atoms with E-state index in [1.165, 1.54) is 0 Å². The Balaban J connectivity index is 1.89. The highest BCUT2D eigenvalue weighted by atomic mass is 16.3. The maximum atomic E-state index is 12.5. The summed E-state index contributed by atoms with van der Waals surface area (Å²) in [6, 6.07) is 13.2. The van der Waals surface area contributed by atoms with E-state index in [1.807, 2.05) is 30.3 Å². The molecule has 1 aliphatic heterocycles. The molecule has 0 aliphatic carbocycles. The first-order valence-electron chi connectivity index (χ1n) is 7.10. The first kappa shape index (κ1) is 13.4. The van der Waals surface area contributed by atoms with Gasteiger partial charge in [0, 0.05) is 24.4 Å². The molecule has 1 heterocycles. The van der Waals surface area contributed by atoms with Gasteiger partial charge in [-0.2, -0.15) is 5.26 Å². The third-order valence-corrected chi connectivity index (χ3v) is 4.10. The van der Waals surface area contributed by atoms with Crippen LogP contribution in [-0.4, -0.2) is 29.0 Å². The molecule has 0 saturated carbocycles. The second kappa shape index (κ2) is 5.45. The second-order valence-electron chi connectivity index (χ2n) is 5.38. The van der Waals surface area contributed by atoms with Crippen LogP contribution >= 0.6 is 0 Å². The van der Waals surface area contributed by atoms with Gasteiger partial charge in [0.2, 0.25) is 0 Å². The molecule has 1 aliphatic rings. The monoisotopic (exact) mass is 280 g/mol. The van der Waals surface area contributed by atoms with Crippen molar-refractivity contribution in [3.05, 3.63) is 42.0 Å². The summed E-state index contributed by atoms with van der Waals surface area (Å²) in [4.78, 5) is 14.3. The van der Waals surface area contributed by atoms with Gasteiger partial charge in [-0.3, -0.25) is 4.79 Å². The zero-order valence-corrected chi connectivity index (χ0v) is 11.6. The lowest BCUT2D eigenvalue weighted by atomic mass is 9.97. The Bertz CT molecular complexity index is 725. The summed E-state index contributed by atoms with van der Waals surface area (Å²) in [6.07, 6.45) is 1.41. The first-order chi connectivity index (χ1) is 10.2. The van der Waals surface area contributed by atoms with Gasteiger partial charge in [-0.05, 0) is 24.3 Å². The molecule has 1 amide bonds. The maximum Gasteiger partial charge on any atom is 0.257 e. The number of fused-ring (bicyclic) bond motifs is 1. The van der Waals surface area contributed by atoms with Gasteiger partial charge in [0.05, 0.1) is 11.6 Å². The van der Waals surface area contributed by atoms with E-state index in [2.05, 4.69) is 6.07 Å². The van der Waals surface area contributed by atoms with Crippen molar-refractivity contribution in [3.8, 4) is 11.8 Å². The van der Waals surface area contributed by atoms with Gasteiger partial charge in [0.1, 0.15) is 5.75 Å². The van der Waals surface area contributed by atoms with Crippen LogP contribution in [-0.2, 0) is 0 Å². The average Bonchev–Trinajstić information content (AvgIpc) is 2.55. The largest absolute Gasteiger partial charge is 0.506 e. The van der Waals surface area contributed by atoms with Crippen molar-refractivity contribution in [3.63, 3.8) is 0 Å². The van der Waals surface area contributed by atoms with Crippen molar-refractivity contribution >= 4 is 16.7 Å². The van der Waals surface area contributed by atoms with Crippen LogP contribution in [0.4, 0.5) is 0 Å². The van der Waals surface area contributed by atoms with Crippen LogP contribution in [0.25, 0.3) is 10.8 Å². The second-order valence-corrected chi connectivity index (χ2v) is 5.38. The van der Waals surface area contributed by atoms with Crippen molar-refractivity contribution in [2.45, 2.75) is 12.8 Å². The highest BCUT2D eigenvalue weighted by molar-refractivity contribution is 6.03. The van der Waals surface area contributed by atoms with Crippen molar-refractivity contribution in [2.75, 3.05) is 13.1 Å². The molecule has 0 unspecified atom stereocenters. The number of phenols is 1. The third kappa shape index (κ3) is 2.43. The van der Waals surface area contributed by atoms with Gasteiger partial charge in [-0.1, -0.05) is 30.3 Å². The molecular weight excluding hydrogens is 264 g/mol. The van der Waals surface area contributed by atoms with Crippen LogP contribution in [0.3, 0.4) is 0 Å². The van der Waals surface area contributed by atoms with Crippen LogP contribution in [0.5, 0.6) is 5.75 Å². The van der Waals surface area contributed by atoms with Gasteiger partial charge in [0.25, 0.3) is 5.91 Å². The van der Waals surface area contributed by atoms with E-state index in [4.69, 9.17) is 5.26 Å². The third-order valence-electron chi connectivity index (χ3n) is 4.10. The molecule has 4 nitrogen and oxygen atoms in total. The van der Waals surface area contributed by atoms with Gasteiger partial charge >= 0.3 is 0 Å². The predicted molar refractivity (Wildman–Crippen MR) is 79.9 cm³/mol. The number of nitrogens with zero attached hydrogens (tertiary/aromatic N) is 2. The Morgan fingerprint density at radius 3 is 2.62 bits per heavy atom. The Morgan fingerprint density at radius 2 is 1.90 bits per heavy atom. The van der Waals surface area contributed by atoms with Gasteiger partial charge < -0.3 is 10.0 Å². The lowest BCUT2D eigenvalue weighted by Crippen LogP contribution is -2.38. The first-order valence-corrected chi connectivity index (χ1v) is 7.10. The topological polar surface area (TPSA) is 64.3 Å². The molecule has 0 radical (unpaired) electrons. The molecule has 0 atom stereocenters. The number of carbonyl (C=O) groups is 1. The minimum Gasteiger partial charge on any atom is -0.506 e. The van der Waals surface area contributed by atoms with Crippen LogP contribution in [0.15, 0.2) is 36.4 Å². The van der Waals surface area contributed by atoms with E-state index in [0.29, 0.717) is 36.9 Å². The highest BCUT2D eigenvalue weighted by Gasteiger charge is 2.25. The lowest BCUT2D eigenvalue weighted by molar-refractivity contribution is 0.0704. The molecule has 3 rings (SSSR count). The number of phenolic OH excluding ortho intramolecular Hbond substituents is 1. The number of rotatable bonds is 1. The summed E-state index contributed by atoms with van der Waals surface area (Å²) in [6.45, 7) is 1.15. The number of carbonyl (C=O) groups excluding carboxylic acids is 1. The van der Waals surface area contributed by atoms with Gasteiger partial charge in [0.15, 0.2) is 0 Å². The molecule has 4 heteroatoms. The summed E-state index contributed by atoms with van der Waals surface area (Å²) in [7, 11) is 0. The number of likely N-dealkylation sites (tertiary alicyclic amines) is 1. The fourth-order valence-electron chi connectivity index (χ4n) is 2.81. The number of aromatic hydroxyl groups is 1. The fraction of sp³-hybridized carbons (Fsp3) is 0.294. The number of hydrogen-bond donors (Lipinski definition) is 1. The molecule has 106 valence electrons. The quantitative estimate of drug-likeness (QED) is 0.873. The molecular formula is C17H16N2O2. The summed E-state index contributed by atoms with van der Waals surface area (Å²) in [5, 5.41) is 20.9. The molecule has 0 bridgehead atoms. The number of nitriles is 1. The summed E-state index contributed by atoms with van der Waals surface area (Å²) >= 11 is 0. The Kier molecular flexibility index (Phi) is 3.49. The summed E-state index contributed by atoms with van der Waals surface area (Å²) in [5.41, 5.74) is 0.337. The number of piperidine rings is 1. The van der Waals surface area contributed by atoms with E-state index in [-0.39, 0.29) is 17.6 Å². The number of amides is 1. The molecule has 1 fully saturated rings.